The number of amides is 1. The van der Waals surface area contributed by atoms with Crippen LogP contribution in [0.1, 0.15) is 21.7 Å². The van der Waals surface area contributed by atoms with Gasteiger partial charge in [0.2, 0.25) is 0 Å². The number of aromatic nitrogens is 2. The Hall–Kier alpha value is -1.95. The van der Waals surface area contributed by atoms with Gasteiger partial charge in [0.05, 0.1) is 27.7 Å². The van der Waals surface area contributed by atoms with Crippen molar-refractivity contribution in [3.63, 3.8) is 0 Å². The molecule has 19 heavy (non-hydrogen) atoms. The Labute approximate surface area is 112 Å². The molecule has 0 aliphatic carbocycles. The fourth-order valence-corrected chi connectivity index (χ4v) is 1.76. The molecule has 0 unspecified atom stereocenters. The summed E-state index contributed by atoms with van der Waals surface area (Å²) in [5, 5.41) is 8.67. The molecule has 0 fully saturated rings. The lowest BCUT2D eigenvalue weighted by molar-refractivity contribution is 0.102. The van der Waals surface area contributed by atoms with Crippen molar-refractivity contribution in [2.45, 2.75) is 13.8 Å². The van der Waals surface area contributed by atoms with E-state index in [1.807, 2.05) is 0 Å². The van der Waals surface area contributed by atoms with Gasteiger partial charge in [0.25, 0.3) is 5.91 Å². The van der Waals surface area contributed by atoms with Crippen molar-refractivity contribution in [1.29, 1.82) is 0 Å². The third-order valence-electron chi connectivity index (χ3n) is 2.62. The number of H-pyrrole nitrogens is 1. The Morgan fingerprint density at radius 3 is 2.58 bits per heavy atom. The maximum absolute atomic E-state index is 13.6. The van der Waals surface area contributed by atoms with Crippen molar-refractivity contribution < 1.29 is 13.6 Å². The average Bonchev–Trinajstić information content (AvgIpc) is 2.65. The third kappa shape index (κ3) is 2.58. The molecule has 0 saturated heterocycles. The van der Waals surface area contributed by atoms with Crippen molar-refractivity contribution in [1.82, 2.24) is 10.2 Å². The van der Waals surface area contributed by atoms with E-state index in [9.17, 15) is 13.6 Å². The molecule has 0 saturated carbocycles. The van der Waals surface area contributed by atoms with Crippen LogP contribution in [0.25, 0.3) is 0 Å². The van der Waals surface area contributed by atoms with Crippen LogP contribution >= 0.6 is 11.6 Å². The molecule has 2 N–H and O–H groups in total. The van der Waals surface area contributed by atoms with E-state index < -0.39 is 23.1 Å². The van der Waals surface area contributed by atoms with Crippen LogP contribution < -0.4 is 5.32 Å². The summed E-state index contributed by atoms with van der Waals surface area (Å²) < 4.78 is 26.8. The number of hydrogen-bond acceptors (Lipinski definition) is 2. The highest BCUT2D eigenvalue weighted by Crippen LogP contribution is 2.22. The molecule has 2 rings (SSSR count). The summed E-state index contributed by atoms with van der Waals surface area (Å²) in [4.78, 5) is 11.9. The zero-order valence-corrected chi connectivity index (χ0v) is 10.9. The lowest BCUT2D eigenvalue weighted by Gasteiger charge is -2.07. The van der Waals surface area contributed by atoms with Gasteiger partial charge in [-0.1, -0.05) is 11.6 Å². The Morgan fingerprint density at radius 1 is 1.32 bits per heavy atom. The summed E-state index contributed by atoms with van der Waals surface area (Å²) in [5.41, 5.74) is 1.21. The number of aryl methyl sites for hydroxylation is 2. The van der Waals surface area contributed by atoms with Crippen LogP contribution in [0.2, 0.25) is 5.02 Å². The molecule has 0 aliphatic rings. The molecule has 1 heterocycles. The highest BCUT2D eigenvalue weighted by Gasteiger charge is 2.17. The molecule has 1 amide bonds. The summed E-state index contributed by atoms with van der Waals surface area (Å²) in [6, 6.07) is 1.53. The fraction of sp³-hybridized carbons (Fsp3) is 0.167. The van der Waals surface area contributed by atoms with Crippen molar-refractivity contribution in [3.8, 4) is 0 Å². The molecular weight excluding hydrogens is 276 g/mol. The van der Waals surface area contributed by atoms with Gasteiger partial charge in [-0.25, -0.2) is 8.78 Å². The van der Waals surface area contributed by atoms with Crippen LogP contribution in [-0.4, -0.2) is 16.1 Å². The number of carbonyl (C=O) groups excluding carboxylic acids is 1. The van der Waals surface area contributed by atoms with E-state index in [2.05, 4.69) is 15.5 Å². The smallest absolute Gasteiger partial charge is 0.258 e. The van der Waals surface area contributed by atoms with Crippen molar-refractivity contribution in [2.24, 2.45) is 0 Å². The van der Waals surface area contributed by atoms with E-state index in [0.29, 0.717) is 17.1 Å². The maximum atomic E-state index is 13.6. The number of benzene rings is 1. The predicted molar refractivity (Wildman–Crippen MR) is 67.4 cm³/mol. The molecule has 0 radical (unpaired) electrons. The molecule has 7 heteroatoms. The minimum absolute atomic E-state index is 0.371. The number of nitrogens with one attached hydrogen (secondary N) is 2. The molecule has 0 spiro atoms. The number of anilines is 1. The van der Waals surface area contributed by atoms with Crippen LogP contribution in [0.4, 0.5) is 14.5 Å². The minimum Gasteiger partial charge on any atom is -0.319 e. The number of rotatable bonds is 2. The zero-order chi connectivity index (χ0) is 14.2. The van der Waals surface area contributed by atoms with Crippen LogP contribution in [0.3, 0.4) is 0 Å². The minimum atomic E-state index is -0.886. The first-order valence-corrected chi connectivity index (χ1v) is 5.75. The van der Waals surface area contributed by atoms with Gasteiger partial charge in [0, 0.05) is 0 Å². The first kappa shape index (κ1) is 13.5. The molecule has 1 aromatic carbocycles. The van der Waals surface area contributed by atoms with Gasteiger partial charge >= 0.3 is 0 Å². The van der Waals surface area contributed by atoms with Crippen LogP contribution in [0.15, 0.2) is 12.1 Å². The average molecular weight is 286 g/mol. The fourth-order valence-electron chi connectivity index (χ4n) is 1.61. The molecule has 100 valence electrons. The second kappa shape index (κ2) is 4.97. The molecule has 1 aromatic heterocycles. The first-order chi connectivity index (χ1) is 8.90. The van der Waals surface area contributed by atoms with E-state index in [1.165, 1.54) is 0 Å². The van der Waals surface area contributed by atoms with Gasteiger partial charge in [0.1, 0.15) is 11.6 Å². The summed E-state index contributed by atoms with van der Waals surface area (Å²) >= 11 is 5.42. The molecule has 0 atom stereocenters. The molecule has 0 aliphatic heterocycles. The Balaban J connectivity index is 2.33. The summed E-state index contributed by atoms with van der Waals surface area (Å²) in [5.74, 6) is -2.50. The molecular formula is C12H10ClF2N3O. The van der Waals surface area contributed by atoms with Crippen LogP contribution in [-0.2, 0) is 0 Å². The molecule has 4 nitrogen and oxygen atoms in total. The summed E-state index contributed by atoms with van der Waals surface area (Å²) in [7, 11) is 0. The second-order valence-electron chi connectivity index (χ2n) is 4.01. The largest absolute Gasteiger partial charge is 0.319 e. The van der Waals surface area contributed by atoms with Gasteiger partial charge in [-0.15, -0.1) is 0 Å². The number of carbonyl (C=O) groups is 1. The Kier molecular flexibility index (Phi) is 3.53. The SMILES string of the molecule is Cc1n[nH]c(C)c1NC(=O)c1cc(F)c(Cl)cc1F. The Bertz CT molecular complexity index is 635. The number of nitrogens with zero attached hydrogens (tertiary/aromatic N) is 1. The molecule has 2 aromatic rings. The topological polar surface area (TPSA) is 57.8 Å². The number of hydrogen-bond donors (Lipinski definition) is 2. The summed E-state index contributed by atoms with van der Waals surface area (Å²) in [6.45, 7) is 3.38. The van der Waals surface area contributed by atoms with Crippen LogP contribution in [0, 0.1) is 25.5 Å². The van der Waals surface area contributed by atoms with E-state index >= 15 is 0 Å². The first-order valence-electron chi connectivity index (χ1n) is 5.37. The normalized spacial score (nSPS) is 10.6. The number of aromatic amines is 1. The van der Waals surface area contributed by atoms with Gasteiger partial charge in [-0.05, 0) is 26.0 Å². The van der Waals surface area contributed by atoms with Gasteiger partial charge in [-0.2, -0.15) is 5.10 Å². The van der Waals surface area contributed by atoms with E-state index in [0.717, 1.165) is 12.1 Å². The van der Waals surface area contributed by atoms with E-state index in [-0.39, 0.29) is 5.02 Å². The lowest BCUT2D eigenvalue weighted by Crippen LogP contribution is -2.15. The second-order valence-corrected chi connectivity index (χ2v) is 4.42. The summed E-state index contributed by atoms with van der Waals surface area (Å²) in [6.07, 6.45) is 0. The quantitative estimate of drug-likeness (QED) is 0.833. The third-order valence-corrected chi connectivity index (χ3v) is 2.91. The standard InChI is InChI=1S/C12H10ClF2N3O/c1-5-11(6(2)18-17-5)16-12(19)7-3-10(15)8(13)4-9(7)14/h3-4H,1-2H3,(H,16,19)(H,17,18). The monoisotopic (exact) mass is 285 g/mol. The highest BCUT2D eigenvalue weighted by atomic mass is 35.5. The van der Waals surface area contributed by atoms with Gasteiger partial charge < -0.3 is 5.32 Å². The lowest BCUT2D eigenvalue weighted by atomic mass is 10.2. The zero-order valence-electron chi connectivity index (χ0n) is 10.1. The predicted octanol–water partition coefficient (Wildman–Crippen LogP) is 3.21. The van der Waals surface area contributed by atoms with Gasteiger partial charge in [0.15, 0.2) is 0 Å². The number of halogens is 3. The van der Waals surface area contributed by atoms with Crippen molar-refractivity contribution >= 4 is 23.2 Å². The van der Waals surface area contributed by atoms with Gasteiger partial charge in [-0.3, -0.25) is 9.89 Å². The van der Waals surface area contributed by atoms with Crippen molar-refractivity contribution in [2.75, 3.05) is 5.32 Å². The van der Waals surface area contributed by atoms with Crippen LogP contribution in [0.5, 0.6) is 0 Å². The highest BCUT2D eigenvalue weighted by molar-refractivity contribution is 6.30. The van der Waals surface area contributed by atoms with Crippen molar-refractivity contribution in [3.05, 3.63) is 45.7 Å². The molecule has 0 bridgehead atoms. The Morgan fingerprint density at radius 2 is 2.00 bits per heavy atom. The van der Waals surface area contributed by atoms with E-state index in [1.54, 1.807) is 13.8 Å². The van der Waals surface area contributed by atoms with E-state index in [4.69, 9.17) is 11.6 Å². The maximum Gasteiger partial charge on any atom is 0.258 e.